The van der Waals surface area contributed by atoms with Gasteiger partial charge in [0.25, 0.3) is 0 Å². The average molecular weight is 222 g/mol. The maximum absolute atomic E-state index is 12.6. The van der Waals surface area contributed by atoms with Gasteiger partial charge >= 0.3 is 0 Å². The summed E-state index contributed by atoms with van der Waals surface area (Å²) in [5.74, 6) is 1.18. The molecule has 3 unspecified atom stereocenters. The monoisotopic (exact) mass is 222 g/mol. The fraction of sp³-hybridized carbons (Fsp3) is 0.923. The SMILES string of the molecule is CC1(C(=O)N2CC3CCC2C3)CCCCN1. The lowest BCUT2D eigenvalue weighted by Crippen LogP contribution is -2.59. The van der Waals surface area contributed by atoms with Gasteiger partial charge in [0, 0.05) is 12.6 Å². The third kappa shape index (κ3) is 1.56. The van der Waals surface area contributed by atoms with Crippen molar-refractivity contribution < 1.29 is 4.79 Å². The van der Waals surface area contributed by atoms with E-state index < -0.39 is 0 Å². The number of carbonyl (C=O) groups is 1. The van der Waals surface area contributed by atoms with Crippen LogP contribution < -0.4 is 5.32 Å². The molecule has 0 spiro atoms. The predicted molar refractivity (Wildman–Crippen MR) is 63.1 cm³/mol. The quantitative estimate of drug-likeness (QED) is 0.729. The zero-order valence-electron chi connectivity index (χ0n) is 10.2. The first-order valence-electron chi connectivity index (χ1n) is 6.75. The first-order chi connectivity index (χ1) is 7.69. The van der Waals surface area contributed by atoms with E-state index in [0.717, 1.165) is 25.4 Å². The molecule has 2 heterocycles. The summed E-state index contributed by atoms with van der Waals surface area (Å²) in [6.45, 7) is 4.13. The number of rotatable bonds is 1. The van der Waals surface area contributed by atoms with Crippen LogP contribution >= 0.6 is 0 Å². The molecule has 3 fully saturated rings. The Balaban J connectivity index is 1.72. The van der Waals surface area contributed by atoms with E-state index in [1.807, 2.05) is 0 Å². The number of hydrogen-bond donors (Lipinski definition) is 1. The van der Waals surface area contributed by atoms with Crippen LogP contribution in [0.4, 0.5) is 0 Å². The van der Waals surface area contributed by atoms with Crippen molar-refractivity contribution in [3.05, 3.63) is 0 Å². The Morgan fingerprint density at radius 2 is 2.25 bits per heavy atom. The molecule has 3 heteroatoms. The topological polar surface area (TPSA) is 32.3 Å². The van der Waals surface area contributed by atoms with Gasteiger partial charge < -0.3 is 10.2 Å². The fourth-order valence-corrected chi connectivity index (χ4v) is 3.73. The van der Waals surface area contributed by atoms with Crippen LogP contribution in [0.1, 0.15) is 45.4 Å². The van der Waals surface area contributed by atoms with Gasteiger partial charge in [-0.25, -0.2) is 0 Å². The molecule has 1 N–H and O–H groups in total. The molecule has 3 atom stereocenters. The summed E-state index contributed by atoms with van der Waals surface area (Å²) in [7, 11) is 0. The number of fused-ring (bicyclic) bond motifs is 2. The first kappa shape index (κ1) is 10.6. The highest BCUT2D eigenvalue weighted by molar-refractivity contribution is 5.86. The number of nitrogens with zero attached hydrogens (tertiary/aromatic N) is 1. The number of likely N-dealkylation sites (tertiary alicyclic amines) is 1. The van der Waals surface area contributed by atoms with Crippen molar-refractivity contribution in [3.8, 4) is 0 Å². The smallest absolute Gasteiger partial charge is 0.242 e. The van der Waals surface area contributed by atoms with Gasteiger partial charge in [-0.1, -0.05) is 0 Å². The van der Waals surface area contributed by atoms with Crippen LogP contribution in [-0.2, 0) is 4.79 Å². The van der Waals surface area contributed by atoms with Crippen molar-refractivity contribution in [1.29, 1.82) is 0 Å². The molecule has 0 aromatic rings. The van der Waals surface area contributed by atoms with Crippen LogP contribution in [0.5, 0.6) is 0 Å². The zero-order valence-corrected chi connectivity index (χ0v) is 10.2. The van der Waals surface area contributed by atoms with E-state index in [4.69, 9.17) is 0 Å². The van der Waals surface area contributed by atoms with Crippen molar-refractivity contribution in [1.82, 2.24) is 10.2 Å². The molecule has 1 aliphatic carbocycles. The van der Waals surface area contributed by atoms with Crippen LogP contribution in [-0.4, -0.2) is 35.5 Å². The van der Waals surface area contributed by atoms with E-state index in [-0.39, 0.29) is 5.54 Å². The van der Waals surface area contributed by atoms with Crippen LogP contribution in [0.2, 0.25) is 0 Å². The number of nitrogens with one attached hydrogen (secondary N) is 1. The molecule has 16 heavy (non-hydrogen) atoms. The van der Waals surface area contributed by atoms with Crippen molar-refractivity contribution >= 4 is 5.91 Å². The van der Waals surface area contributed by atoms with Gasteiger partial charge in [-0.05, 0) is 57.9 Å². The normalized spacial score (nSPS) is 42.7. The average Bonchev–Trinajstić information content (AvgIpc) is 2.90. The highest BCUT2D eigenvalue weighted by Crippen LogP contribution is 2.39. The van der Waals surface area contributed by atoms with Crippen molar-refractivity contribution in [3.63, 3.8) is 0 Å². The summed E-state index contributed by atoms with van der Waals surface area (Å²) in [6, 6.07) is 0.568. The van der Waals surface area contributed by atoms with Gasteiger partial charge in [-0.15, -0.1) is 0 Å². The Morgan fingerprint density at radius 1 is 1.38 bits per heavy atom. The van der Waals surface area contributed by atoms with E-state index in [0.29, 0.717) is 11.9 Å². The third-order valence-electron chi connectivity index (χ3n) is 4.76. The summed E-state index contributed by atoms with van der Waals surface area (Å²) in [6.07, 6.45) is 7.28. The van der Waals surface area contributed by atoms with Gasteiger partial charge in [-0.3, -0.25) is 4.79 Å². The van der Waals surface area contributed by atoms with Gasteiger partial charge in [0.05, 0.1) is 5.54 Å². The Hall–Kier alpha value is -0.570. The molecule has 3 aliphatic rings. The van der Waals surface area contributed by atoms with Crippen molar-refractivity contribution in [2.75, 3.05) is 13.1 Å². The predicted octanol–water partition coefficient (Wildman–Crippen LogP) is 1.53. The van der Waals surface area contributed by atoms with Crippen LogP contribution in [0.25, 0.3) is 0 Å². The summed E-state index contributed by atoms with van der Waals surface area (Å²) in [4.78, 5) is 14.7. The van der Waals surface area contributed by atoms with E-state index in [2.05, 4.69) is 17.1 Å². The second kappa shape index (κ2) is 3.73. The van der Waals surface area contributed by atoms with Crippen molar-refractivity contribution in [2.24, 2.45) is 5.92 Å². The minimum atomic E-state index is -0.261. The molecule has 2 aliphatic heterocycles. The maximum atomic E-state index is 12.6. The molecule has 3 rings (SSSR count). The summed E-state index contributed by atoms with van der Waals surface area (Å²) < 4.78 is 0. The molecule has 2 saturated heterocycles. The minimum Gasteiger partial charge on any atom is -0.338 e. The van der Waals surface area contributed by atoms with Crippen molar-refractivity contribution in [2.45, 2.75) is 57.0 Å². The fourth-order valence-electron chi connectivity index (χ4n) is 3.73. The second-order valence-corrected chi connectivity index (χ2v) is 6.01. The van der Waals surface area contributed by atoms with E-state index in [1.165, 1.54) is 32.1 Å². The number of piperidine rings is 2. The molecule has 1 saturated carbocycles. The lowest BCUT2D eigenvalue weighted by molar-refractivity contribution is -0.140. The van der Waals surface area contributed by atoms with E-state index in [1.54, 1.807) is 0 Å². The minimum absolute atomic E-state index is 0.261. The molecule has 2 bridgehead atoms. The largest absolute Gasteiger partial charge is 0.338 e. The lowest BCUT2D eigenvalue weighted by Gasteiger charge is -2.39. The standard InChI is InChI=1S/C13H22N2O/c1-13(6-2-3-7-14-13)12(16)15-9-10-4-5-11(15)8-10/h10-11,14H,2-9H2,1H3. The van der Waals surface area contributed by atoms with Gasteiger partial charge in [-0.2, -0.15) is 0 Å². The molecule has 0 aromatic heterocycles. The Kier molecular flexibility index (Phi) is 2.46. The first-order valence-corrected chi connectivity index (χ1v) is 6.75. The lowest BCUT2D eigenvalue weighted by atomic mass is 9.89. The highest BCUT2D eigenvalue weighted by Gasteiger charge is 2.46. The number of hydrogen-bond acceptors (Lipinski definition) is 2. The van der Waals surface area contributed by atoms with Crippen LogP contribution in [0, 0.1) is 5.92 Å². The summed E-state index contributed by atoms with van der Waals surface area (Å²) in [5, 5.41) is 3.44. The zero-order chi connectivity index (χ0) is 11.2. The van der Waals surface area contributed by atoms with Gasteiger partial charge in [0.15, 0.2) is 0 Å². The Bertz CT molecular complexity index is 296. The molecular weight excluding hydrogens is 200 g/mol. The molecule has 3 nitrogen and oxygen atoms in total. The number of amides is 1. The maximum Gasteiger partial charge on any atom is 0.242 e. The van der Waals surface area contributed by atoms with Gasteiger partial charge in [0.2, 0.25) is 5.91 Å². The Labute approximate surface area is 97.6 Å². The summed E-state index contributed by atoms with van der Waals surface area (Å²) in [5.41, 5.74) is -0.261. The molecule has 1 amide bonds. The van der Waals surface area contributed by atoms with Gasteiger partial charge in [0.1, 0.15) is 0 Å². The third-order valence-corrected chi connectivity index (χ3v) is 4.76. The molecule has 0 radical (unpaired) electrons. The highest BCUT2D eigenvalue weighted by atomic mass is 16.2. The molecule has 90 valence electrons. The second-order valence-electron chi connectivity index (χ2n) is 6.01. The number of carbonyl (C=O) groups excluding carboxylic acids is 1. The Morgan fingerprint density at radius 3 is 2.81 bits per heavy atom. The van der Waals surface area contributed by atoms with Crippen LogP contribution in [0.3, 0.4) is 0 Å². The van der Waals surface area contributed by atoms with E-state index >= 15 is 0 Å². The molecular formula is C13H22N2O. The van der Waals surface area contributed by atoms with E-state index in [9.17, 15) is 4.79 Å². The molecule has 0 aromatic carbocycles. The van der Waals surface area contributed by atoms with Crippen LogP contribution in [0.15, 0.2) is 0 Å². The summed E-state index contributed by atoms with van der Waals surface area (Å²) >= 11 is 0.